The quantitative estimate of drug-likeness (QED) is 0.499. The Morgan fingerprint density at radius 2 is 2.29 bits per heavy atom. The molecule has 0 fully saturated rings. The van der Waals surface area contributed by atoms with E-state index in [1.54, 1.807) is 13.2 Å². The van der Waals surface area contributed by atoms with Gasteiger partial charge in [0.1, 0.15) is 6.61 Å². The fourth-order valence-electron chi connectivity index (χ4n) is 1.06. The fraction of sp³-hybridized carbons (Fsp3) is 0.444. The van der Waals surface area contributed by atoms with Crippen molar-refractivity contribution in [2.75, 3.05) is 13.7 Å². The number of aryl methyl sites for hydroxylation is 1. The highest BCUT2D eigenvalue weighted by Crippen LogP contribution is 2.01. The van der Waals surface area contributed by atoms with Crippen molar-refractivity contribution in [3.8, 4) is 0 Å². The Morgan fingerprint density at radius 1 is 1.57 bits per heavy atom. The molecule has 1 rings (SSSR count). The maximum Gasteiger partial charge on any atom is 0.173 e. The molecule has 0 aliphatic heterocycles. The largest absolute Gasteiger partial charge is 0.377 e. The summed E-state index contributed by atoms with van der Waals surface area (Å²) in [4.78, 5) is 22.5. The van der Waals surface area contributed by atoms with Crippen LogP contribution in [0.5, 0.6) is 0 Å². The van der Waals surface area contributed by atoms with Crippen molar-refractivity contribution in [2.45, 2.75) is 6.42 Å². The van der Waals surface area contributed by atoms with E-state index in [9.17, 15) is 9.59 Å². The lowest BCUT2D eigenvalue weighted by Gasteiger charge is -1.96. The van der Waals surface area contributed by atoms with Crippen LogP contribution in [0.4, 0.5) is 0 Å². The summed E-state index contributed by atoms with van der Waals surface area (Å²) in [5.41, 5.74) is 0.456. The van der Waals surface area contributed by atoms with Gasteiger partial charge < -0.3 is 4.74 Å². The van der Waals surface area contributed by atoms with Gasteiger partial charge in [-0.3, -0.25) is 14.3 Å². The molecule has 14 heavy (non-hydrogen) atoms. The van der Waals surface area contributed by atoms with E-state index in [-0.39, 0.29) is 24.6 Å². The van der Waals surface area contributed by atoms with Crippen molar-refractivity contribution >= 4 is 11.6 Å². The third-order valence-corrected chi connectivity index (χ3v) is 1.69. The van der Waals surface area contributed by atoms with Crippen molar-refractivity contribution in [1.82, 2.24) is 9.78 Å². The molecule has 5 heteroatoms. The average molecular weight is 196 g/mol. The molecule has 1 heterocycles. The first-order valence-electron chi connectivity index (χ1n) is 4.16. The molecule has 0 spiro atoms. The predicted octanol–water partition coefficient (Wildman–Crippen LogP) is 0.208. The van der Waals surface area contributed by atoms with E-state index in [0.717, 1.165) is 0 Å². The van der Waals surface area contributed by atoms with Crippen molar-refractivity contribution in [1.29, 1.82) is 0 Å². The third kappa shape index (κ3) is 2.77. The minimum Gasteiger partial charge on any atom is -0.377 e. The molecule has 1 aromatic heterocycles. The van der Waals surface area contributed by atoms with E-state index in [2.05, 4.69) is 9.84 Å². The lowest BCUT2D eigenvalue weighted by molar-refractivity contribution is -0.121. The molecule has 0 saturated carbocycles. The Balaban J connectivity index is 2.55. The lowest BCUT2D eigenvalue weighted by Crippen LogP contribution is -2.12. The van der Waals surface area contributed by atoms with Crippen LogP contribution in [0.15, 0.2) is 12.4 Å². The summed E-state index contributed by atoms with van der Waals surface area (Å²) in [6, 6.07) is 0. The number of carbonyl (C=O) groups excluding carboxylic acids is 2. The summed E-state index contributed by atoms with van der Waals surface area (Å²) in [5, 5.41) is 3.84. The number of ether oxygens (including phenoxy) is 1. The van der Waals surface area contributed by atoms with Gasteiger partial charge in [0.05, 0.1) is 18.2 Å². The highest BCUT2D eigenvalue weighted by molar-refractivity contribution is 6.08. The second kappa shape index (κ2) is 4.66. The molecule has 5 nitrogen and oxygen atoms in total. The van der Waals surface area contributed by atoms with Crippen LogP contribution in [0.3, 0.4) is 0 Å². The summed E-state index contributed by atoms with van der Waals surface area (Å²) in [5.74, 6) is -0.443. The van der Waals surface area contributed by atoms with Crippen LogP contribution in [0.2, 0.25) is 0 Å². The highest BCUT2D eigenvalue weighted by Gasteiger charge is 2.12. The van der Waals surface area contributed by atoms with Gasteiger partial charge in [0.2, 0.25) is 0 Å². The Bertz CT molecular complexity index is 344. The van der Waals surface area contributed by atoms with Crippen molar-refractivity contribution in [3.05, 3.63) is 18.0 Å². The summed E-state index contributed by atoms with van der Waals surface area (Å²) >= 11 is 0. The van der Waals surface area contributed by atoms with Gasteiger partial charge >= 0.3 is 0 Å². The number of carbonyl (C=O) groups is 2. The molecule has 0 unspecified atom stereocenters. The number of Topliss-reactive ketones (excluding diaryl/α,β-unsaturated/α-hetero) is 2. The molecule has 0 N–H and O–H groups in total. The predicted molar refractivity (Wildman–Crippen MR) is 49.0 cm³/mol. The van der Waals surface area contributed by atoms with Crippen LogP contribution in [-0.4, -0.2) is 35.1 Å². The SMILES string of the molecule is COCC(=O)CC(=O)c1cnn(C)c1. The normalized spacial score (nSPS) is 10.1. The molecule has 0 aliphatic rings. The first-order valence-corrected chi connectivity index (χ1v) is 4.16. The summed E-state index contributed by atoms with van der Waals surface area (Å²) < 4.78 is 6.14. The molecule has 76 valence electrons. The minimum atomic E-state index is -0.222. The zero-order valence-electron chi connectivity index (χ0n) is 8.19. The number of hydrogen-bond acceptors (Lipinski definition) is 4. The maximum absolute atomic E-state index is 11.4. The molecule has 0 radical (unpaired) electrons. The highest BCUT2D eigenvalue weighted by atomic mass is 16.5. The number of methoxy groups -OCH3 is 1. The van der Waals surface area contributed by atoms with Gasteiger partial charge in [-0.25, -0.2) is 0 Å². The van der Waals surface area contributed by atoms with E-state index in [4.69, 9.17) is 0 Å². The average Bonchev–Trinajstić information content (AvgIpc) is 2.52. The van der Waals surface area contributed by atoms with Crippen LogP contribution in [0.25, 0.3) is 0 Å². The zero-order chi connectivity index (χ0) is 10.6. The van der Waals surface area contributed by atoms with Gasteiger partial charge in [0.25, 0.3) is 0 Å². The molecule has 0 amide bonds. The third-order valence-electron chi connectivity index (χ3n) is 1.69. The molecule has 0 saturated heterocycles. The molecule has 0 atom stereocenters. The number of rotatable bonds is 5. The number of nitrogens with zero attached hydrogens (tertiary/aromatic N) is 2. The van der Waals surface area contributed by atoms with E-state index in [0.29, 0.717) is 5.56 Å². The molecule has 0 aromatic carbocycles. The van der Waals surface area contributed by atoms with Crippen molar-refractivity contribution in [2.24, 2.45) is 7.05 Å². The Morgan fingerprint density at radius 3 is 2.79 bits per heavy atom. The van der Waals surface area contributed by atoms with Gasteiger partial charge in [0.15, 0.2) is 11.6 Å². The first kappa shape index (κ1) is 10.6. The Kier molecular flexibility index (Phi) is 3.53. The minimum absolute atomic E-state index is 0.0218. The fourth-order valence-corrected chi connectivity index (χ4v) is 1.06. The van der Waals surface area contributed by atoms with Gasteiger partial charge in [0, 0.05) is 20.4 Å². The summed E-state index contributed by atoms with van der Waals surface area (Å²) in [7, 11) is 3.14. The van der Waals surface area contributed by atoms with Crippen LogP contribution >= 0.6 is 0 Å². The number of aromatic nitrogens is 2. The van der Waals surface area contributed by atoms with Gasteiger partial charge in [-0.15, -0.1) is 0 Å². The van der Waals surface area contributed by atoms with Crippen LogP contribution in [-0.2, 0) is 16.6 Å². The lowest BCUT2D eigenvalue weighted by atomic mass is 10.1. The van der Waals surface area contributed by atoms with Gasteiger partial charge in [-0.1, -0.05) is 0 Å². The first-order chi connectivity index (χ1) is 6.63. The van der Waals surface area contributed by atoms with Crippen molar-refractivity contribution in [3.63, 3.8) is 0 Å². The van der Waals surface area contributed by atoms with E-state index in [1.165, 1.54) is 18.0 Å². The molecular formula is C9H12N2O3. The smallest absolute Gasteiger partial charge is 0.173 e. The second-order valence-electron chi connectivity index (χ2n) is 2.97. The van der Waals surface area contributed by atoms with E-state index >= 15 is 0 Å². The van der Waals surface area contributed by atoms with Crippen LogP contribution in [0.1, 0.15) is 16.8 Å². The topological polar surface area (TPSA) is 61.2 Å². The van der Waals surface area contributed by atoms with Crippen molar-refractivity contribution < 1.29 is 14.3 Å². The summed E-state index contributed by atoms with van der Waals surface area (Å²) in [6.07, 6.45) is 2.91. The Hall–Kier alpha value is -1.49. The maximum atomic E-state index is 11.4. The van der Waals surface area contributed by atoms with Gasteiger partial charge in [-0.2, -0.15) is 5.10 Å². The molecule has 0 aliphatic carbocycles. The van der Waals surface area contributed by atoms with Crippen LogP contribution < -0.4 is 0 Å². The Labute approximate surface area is 81.7 Å². The van der Waals surface area contributed by atoms with E-state index < -0.39 is 0 Å². The monoisotopic (exact) mass is 196 g/mol. The van der Waals surface area contributed by atoms with Gasteiger partial charge in [-0.05, 0) is 0 Å². The standard InChI is InChI=1S/C9H12N2O3/c1-11-5-7(4-10-11)9(13)3-8(12)6-14-2/h4-5H,3,6H2,1-2H3. The van der Waals surface area contributed by atoms with E-state index in [1.807, 2.05) is 0 Å². The second-order valence-corrected chi connectivity index (χ2v) is 2.97. The number of ketones is 2. The summed E-state index contributed by atoms with van der Waals surface area (Å²) in [6.45, 7) is -0.0218. The zero-order valence-corrected chi connectivity index (χ0v) is 8.19. The molecular weight excluding hydrogens is 184 g/mol. The van der Waals surface area contributed by atoms with Crippen LogP contribution in [0, 0.1) is 0 Å². The molecule has 1 aromatic rings. The molecule has 0 bridgehead atoms. The number of hydrogen-bond donors (Lipinski definition) is 0.